The molecule has 2 aliphatic rings. The minimum absolute atomic E-state index is 0.0608. The van der Waals surface area contributed by atoms with E-state index in [-0.39, 0.29) is 18.0 Å². The molecule has 0 spiro atoms. The van der Waals surface area contributed by atoms with E-state index >= 15 is 0 Å². The lowest BCUT2D eigenvalue weighted by atomic mass is 10.1. The summed E-state index contributed by atoms with van der Waals surface area (Å²) >= 11 is 0. The van der Waals surface area contributed by atoms with Gasteiger partial charge in [0, 0.05) is 14.1 Å². The quantitative estimate of drug-likeness (QED) is 0.395. The van der Waals surface area contributed by atoms with Gasteiger partial charge in [-0.05, 0) is 92.4 Å². The molecule has 0 bridgehead atoms. The first-order valence-corrected chi connectivity index (χ1v) is 16.1. The second-order valence-corrected chi connectivity index (χ2v) is 13.9. The van der Waals surface area contributed by atoms with Crippen LogP contribution in [0.25, 0.3) is 0 Å². The number of carboxylic acid groups (broad SMARTS) is 1. The standard InChI is InChI=1S/C18H26N2O3.C16H21NO4.C2H7N/c1-18(2,3)23-17(22)20-14(13-9-7-6-8-10-13)11-12-15(20)16(21)19(4)5;1-16(2,3)21-15(20)17-12(9-10-13(17)14(18)19)11-7-5-4-6-8-11;1-3-2/h6-10,14-15H,11-12H2,1-5H3;4-8,12-13H,9-10H2,1-3H3,(H,18,19);3H,1-2H3/t14-,15+;12-,13+;/m11./s1. The second kappa shape index (κ2) is 17.2. The molecule has 0 aromatic heterocycles. The molecule has 260 valence electrons. The lowest BCUT2D eigenvalue weighted by molar-refractivity contribution is -0.142. The largest absolute Gasteiger partial charge is 0.480 e. The molecule has 2 aromatic carbocycles. The molecule has 2 fully saturated rings. The molecule has 4 rings (SSSR count). The highest BCUT2D eigenvalue weighted by Crippen LogP contribution is 2.39. The fourth-order valence-corrected chi connectivity index (χ4v) is 5.55. The molecule has 11 heteroatoms. The van der Waals surface area contributed by atoms with E-state index in [4.69, 9.17) is 9.47 Å². The Morgan fingerprint density at radius 1 is 0.681 bits per heavy atom. The van der Waals surface area contributed by atoms with E-state index in [1.807, 2.05) is 95.5 Å². The van der Waals surface area contributed by atoms with Gasteiger partial charge in [-0.3, -0.25) is 14.6 Å². The average Bonchev–Trinajstić information content (AvgIpc) is 3.63. The molecule has 0 radical (unpaired) electrons. The monoisotopic (exact) mass is 654 g/mol. The number of benzene rings is 2. The summed E-state index contributed by atoms with van der Waals surface area (Å²) in [6.07, 6.45) is 1.47. The number of aliphatic carboxylic acids is 1. The van der Waals surface area contributed by atoms with Crippen LogP contribution in [0.1, 0.15) is 90.4 Å². The first-order valence-electron chi connectivity index (χ1n) is 16.1. The Balaban J connectivity index is 0.000000303. The fraction of sp³-hybridized carbons (Fsp3) is 0.556. The van der Waals surface area contributed by atoms with E-state index in [1.54, 1.807) is 39.8 Å². The maximum atomic E-state index is 12.7. The smallest absolute Gasteiger partial charge is 0.411 e. The van der Waals surface area contributed by atoms with Gasteiger partial charge in [0.25, 0.3) is 0 Å². The van der Waals surface area contributed by atoms with Crippen LogP contribution in [0.4, 0.5) is 9.59 Å². The predicted molar refractivity (Wildman–Crippen MR) is 182 cm³/mol. The number of carbonyl (C=O) groups excluding carboxylic acids is 3. The lowest BCUT2D eigenvalue weighted by Crippen LogP contribution is -2.48. The van der Waals surface area contributed by atoms with Crippen LogP contribution < -0.4 is 5.32 Å². The van der Waals surface area contributed by atoms with Crippen molar-refractivity contribution in [1.82, 2.24) is 20.0 Å². The summed E-state index contributed by atoms with van der Waals surface area (Å²) in [5, 5.41) is 12.1. The Bertz CT molecular complexity index is 1310. The summed E-state index contributed by atoms with van der Waals surface area (Å²) in [4.78, 5) is 53.5. The Morgan fingerprint density at radius 2 is 1.02 bits per heavy atom. The van der Waals surface area contributed by atoms with Gasteiger partial charge in [-0.25, -0.2) is 14.4 Å². The third kappa shape index (κ3) is 11.6. The number of likely N-dealkylation sites (tertiary alicyclic amines) is 2. The topological polar surface area (TPSA) is 129 Å². The van der Waals surface area contributed by atoms with Gasteiger partial charge < -0.3 is 24.8 Å². The van der Waals surface area contributed by atoms with Gasteiger partial charge in [0.15, 0.2) is 0 Å². The summed E-state index contributed by atoms with van der Waals surface area (Å²) in [7, 11) is 7.18. The van der Waals surface area contributed by atoms with Crippen molar-refractivity contribution in [3.8, 4) is 0 Å². The maximum absolute atomic E-state index is 12.7. The van der Waals surface area contributed by atoms with E-state index in [0.717, 1.165) is 17.5 Å². The van der Waals surface area contributed by atoms with Gasteiger partial charge in [-0.1, -0.05) is 60.7 Å². The molecule has 2 aliphatic heterocycles. The summed E-state index contributed by atoms with van der Waals surface area (Å²) in [6.45, 7) is 10.8. The Labute approximate surface area is 280 Å². The van der Waals surface area contributed by atoms with Crippen molar-refractivity contribution in [2.75, 3.05) is 28.2 Å². The van der Waals surface area contributed by atoms with Crippen LogP contribution >= 0.6 is 0 Å². The van der Waals surface area contributed by atoms with Crippen LogP contribution in [-0.2, 0) is 19.1 Å². The normalized spacial score (nSPS) is 20.6. The second-order valence-electron chi connectivity index (χ2n) is 13.9. The third-order valence-electron chi connectivity index (χ3n) is 7.36. The number of nitrogens with zero attached hydrogens (tertiary/aromatic N) is 3. The van der Waals surface area contributed by atoms with Gasteiger partial charge >= 0.3 is 18.2 Å². The number of ether oxygens (including phenoxy) is 2. The predicted octanol–water partition coefficient (Wildman–Crippen LogP) is 6.26. The minimum atomic E-state index is -0.987. The SMILES string of the molecule is CC(C)(C)OC(=O)N1[C@@H](c2ccccc2)CC[C@H]1C(=O)O.CN(C)C(=O)[C@@H]1CC[C@H](c2ccccc2)N1C(=O)OC(C)(C)C.CNC. The Hall–Kier alpha value is -4.12. The van der Waals surface area contributed by atoms with Crippen LogP contribution in [0.5, 0.6) is 0 Å². The molecule has 47 heavy (non-hydrogen) atoms. The van der Waals surface area contributed by atoms with Crippen molar-refractivity contribution >= 4 is 24.1 Å². The first-order chi connectivity index (χ1) is 21.9. The number of carboxylic acids is 1. The number of hydrogen-bond acceptors (Lipinski definition) is 7. The minimum Gasteiger partial charge on any atom is -0.480 e. The zero-order valence-corrected chi connectivity index (χ0v) is 29.6. The summed E-state index contributed by atoms with van der Waals surface area (Å²) in [5.41, 5.74) is 0.732. The van der Waals surface area contributed by atoms with Crippen LogP contribution in [-0.4, -0.2) is 95.3 Å². The van der Waals surface area contributed by atoms with Crippen molar-refractivity contribution in [2.24, 2.45) is 0 Å². The first kappa shape index (κ1) is 39.1. The Morgan fingerprint density at radius 3 is 1.34 bits per heavy atom. The third-order valence-corrected chi connectivity index (χ3v) is 7.36. The van der Waals surface area contributed by atoms with Crippen molar-refractivity contribution < 1.29 is 33.8 Å². The number of amides is 3. The van der Waals surface area contributed by atoms with Crippen LogP contribution in [0.2, 0.25) is 0 Å². The molecular weight excluding hydrogens is 600 g/mol. The molecule has 2 saturated heterocycles. The zero-order valence-electron chi connectivity index (χ0n) is 29.6. The number of rotatable bonds is 4. The highest BCUT2D eigenvalue weighted by molar-refractivity contribution is 5.86. The molecule has 2 aromatic rings. The lowest BCUT2D eigenvalue weighted by Gasteiger charge is -2.33. The molecule has 2 heterocycles. The average molecular weight is 655 g/mol. The van der Waals surface area contributed by atoms with E-state index in [1.165, 1.54) is 9.80 Å². The highest BCUT2D eigenvalue weighted by Gasteiger charge is 2.45. The van der Waals surface area contributed by atoms with E-state index in [9.17, 15) is 24.3 Å². The molecule has 3 amide bonds. The molecule has 4 atom stereocenters. The van der Waals surface area contributed by atoms with Gasteiger partial charge in [-0.2, -0.15) is 0 Å². The van der Waals surface area contributed by atoms with E-state index < -0.39 is 41.4 Å². The summed E-state index contributed by atoms with van der Waals surface area (Å²) < 4.78 is 10.9. The number of likely N-dealkylation sites (N-methyl/N-ethyl adjacent to an activating group) is 1. The molecule has 2 N–H and O–H groups in total. The van der Waals surface area contributed by atoms with E-state index in [0.29, 0.717) is 19.3 Å². The molecule has 11 nitrogen and oxygen atoms in total. The summed E-state index contributed by atoms with van der Waals surface area (Å²) in [6, 6.07) is 17.6. The van der Waals surface area contributed by atoms with Crippen molar-refractivity contribution in [3.63, 3.8) is 0 Å². The molecule has 0 aliphatic carbocycles. The van der Waals surface area contributed by atoms with Crippen LogP contribution in [0.3, 0.4) is 0 Å². The fourth-order valence-electron chi connectivity index (χ4n) is 5.55. The van der Waals surface area contributed by atoms with Gasteiger partial charge in [0.05, 0.1) is 12.1 Å². The highest BCUT2D eigenvalue weighted by atomic mass is 16.6. The van der Waals surface area contributed by atoms with Crippen LogP contribution in [0.15, 0.2) is 60.7 Å². The zero-order chi connectivity index (χ0) is 35.5. The molecular formula is C36H54N4O7. The van der Waals surface area contributed by atoms with Crippen LogP contribution in [0, 0.1) is 0 Å². The van der Waals surface area contributed by atoms with Crippen molar-refractivity contribution in [2.45, 2.75) is 103 Å². The van der Waals surface area contributed by atoms with Crippen molar-refractivity contribution in [1.29, 1.82) is 0 Å². The van der Waals surface area contributed by atoms with Gasteiger partial charge in [-0.15, -0.1) is 0 Å². The number of carbonyl (C=O) groups is 4. The number of hydrogen-bond donors (Lipinski definition) is 2. The summed E-state index contributed by atoms with van der Waals surface area (Å²) in [5.74, 6) is -1.05. The van der Waals surface area contributed by atoms with Gasteiger partial charge in [0.1, 0.15) is 23.3 Å². The van der Waals surface area contributed by atoms with Gasteiger partial charge in [0.2, 0.25) is 5.91 Å². The molecule has 0 saturated carbocycles. The number of nitrogens with one attached hydrogen (secondary N) is 1. The Kier molecular flexibility index (Phi) is 14.3. The van der Waals surface area contributed by atoms with E-state index in [2.05, 4.69) is 5.32 Å². The van der Waals surface area contributed by atoms with Crippen molar-refractivity contribution in [3.05, 3.63) is 71.8 Å². The molecule has 0 unspecified atom stereocenters. The maximum Gasteiger partial charge on any atom is 0.411 e.